The first-order valence-electron chi connectivity index (χ1n) is 7.31. The summed E-state index contributed by atoms with van der Waals surface area (Å²) in [5.74, 6) is 1.77. The molecule has 0 spiro atoms. The van der Waals surface area contributed by atoms with E-state index in [4.69, 9.17) is 0 Å². The van der Waals surface area contributed by atoms with Gasteiger partial charge in [0, 0.05) is 13.1 Å². The summed E-state index contributed by atoms with van der Waals surface area (Å²) >= 11 is 0. The fourth-order valence-electron chi connectivity index (χ4n) is 4.03. The van der Waals surface area contributed by atoms with Crippen LogP contribution in [0.2, 0.25) is 0 Å². The zero-order valence-corrected chi connectivity index (χ0v) is 11.7. The van der Waals surface area contributed by atoms with Gasteiger partial charge >= 0.3 is 6.18 Å². The summed E-state index contributed by atoms with van der Waals surface area (Å²) in [6.45, 7) is 2.22. The van der Waals surface area contributed by atoms with Crippen LogP contribution in [0, 0.1) is 11.8 Å². The number of likely N-dealkylation sites (tertiary alicyclic amines) is 1. The summed E-state index contributed by atoms with van der Waals surface area (Å²) in [5, 5.41) is 0. The van der Waals surface area contributed by atoms with Crippen LogP contribution in [0.25, 0.3) is 0 Å². The molecule has 0 N–H and O–H groups in total. The van der Waals surface area contributed by atoms with Crippen molar-refractivity contribution in [2.24, 2.45) is 11.8 Å². The molecule has 1 aliphatic carbocycles. The second-order valence-electron chi connectivity index (χ2n) is 6.30. The Morgan fingerprint density at radius 2 is 1.75 bits per heavy atom. The molecule has 3 atom stereocenters. The second kappa shape index (κ2) is 5.06. The average Bonchev–Trinajstić information content (AvgIpc) is 2.78. The Balaban J connectivity index is 1.81. The van der Waals surface area contributed by atoms with Crippen molar-refractivity contribution in [1.29, 1.82) is 0 Å². The summed E-state index contributed by atoms with van der Waals surface area (Å²) in [4.78, 5) is 2.36. The van der Waals surface area contributed by atoms with Gasteiger partial charge in [-0.05, 0) is 55.3 Å². The van der Waals surface area contributed by atoms with Gasteiger partial charge in [-0.15, -0.1) is 0 Å². The van der Waals surface area contributed by atoms with E-state index in [9.17, 15) is 13.2 Å². The first-order valence-corrected chi connectivity index (χ1v) is 7.31. The number of benzene rings is 1. The van der Waals surface area contributed by atoms with Crippen molar-refractivity contribution in [3.05, 3.63) is 35.4 Å². The minimum Gasteiger partial charge on any atom is -0.306 e. The van der Waals surface area contributed by atoms with Gasteiger partial charge in [-0.25, -0.2) is 0 Å². The van der Waals surface area contributed by atoms with Gasteiger partial charge in [-0.3, -0.25) is 0 Å². The third kappa shape index (κ3) is 2.58. The van der Waals surface area contributed by atoms with Crippen LogP contribution in [0.15, 0.2) is 24.3 Å². The number of fused-ring (bicyclic) bond motifs is 1. The average molecular weight is 283 g/mol. The molecule has 1 saturated carbocycles. The lowest BCUT2D eigenvalue weighted by molar-refractivity contribution is -0.137. The minimum absolute atomic E-state index is 0.431. The molecule has 1 aromatic rings. The first kappa shape index (κ1) is 13.9. The van der Waals surface area contributed by atoms with Crippen LogP contribution in [0.5, 0.6) is 0 Å². The molecular formula is C16H20F3N. The van der Waals surface area contributed by atoms with Crippen molar-refractivity contribution in [2.45, 2.75) is 31.4 Å². The lowest BCUT2D eigenvalue weighted by Gasteiger charge is -2.33. The third-order valence-electron chi connectivity index (χ3n) is 4.95. The van der Waals surface area contributed by atoms with E-state index < -0.39 is 11.7 Å². The Morgan fingerprint density at radius 1 is 1.05 bits per heavy atom. The summed E-state index contributed by atoms with van der Waals surface area (Å²) in [6.07, 6.45) is -0.658. The Morgan fingerprint density at radius 3 is 2.40 bits per heavy atom. The highest BCUT2D eigenvalue weighted by Gasteiger charge is 2.39. The van der Waals surface area contributed by atoms with Crippen molar-refractivity contribution in [3.8, 4) is 0 Å². The van der Waals surface area contributed by atoms with Gasteiger partial charge in [0.15, 0.2) is 0 Å². The Hall–Kier alpha value is -1.03. The van der Waals surface area contributed by atoms with Gasteiger partial charge in [0.2, 0.25) is 0 Å². The lowest BCUT2D eigenvalue weighted by atomic mass is 9.71. The molecule has 1 aromatic carbocycles. The van der Waals surface area contributed by atoms with Crippen molar-refractivity contribution >= 4 is 0 Å². The van der Waals surface area contributed by atoms with E-state index in [-0.39, 0.29) is 0 Å². The first-order chi connectivity index (χ1) is 9.45. The summed E-state index contributed by atoms with van der Waals surface area (Å²) in [5.41, 5.74) is 0.542. The largest absolute Gasteiger partial charge is 0.416 e. The van der Waals surface area contributed by atoms with Crippen molar-refractivity contribution in [2.75, 3.05) is 20.1 Å². The molecule has 110 valence electrons. The predicted octanol–water partition coefficient (Wildman–Crippen LogP) is 4.15. The van der Waals surface area contributed by atoms with Crippen LogP contribution in [-0.4, -0.2) is 25.0 Å². The quantitative estimate of drug-likeness (QED) is 0.748. The number of hydrogen-bond acceptors (Lipinski definition) is 1. The van der Waals surface area contributed by atoms with E-state index in [1.54, 1.807) is 12.1 Å². The van der Waals surface area contributed by atoms with Crippen molar-refractivity contribution in [1.82, 2.24) is 4.90 Å². The van der Waals surface area contributed by atoms with Gasteiger partial charge in [0.1, 0.15) is 0 Å². The highest BCUT2D eigenvalue weighted by Crippen LogP contribution is 2.45. The maximum Gasteiger partial charge on any atom is 0.416 e. The lowest BCUT2D eigenvalue weighted by Crippen LogP contribution is -2.25. The molecule has 0 bridgehead atoms. The molecule has 0 aromatic heterocycles. The predicted molar refractivity (Wildman–Crippen MR) is 72.5 cm³/mol. The molecule has 0 unspecified atom stereocenters. The van der Waals surface area contributed by atoms with Crippen LogP contribution in [0.3, 0.4) is 0 Å². The van der Waals surface area contributed by atoms with E-state index >= 15 is 0 Å². The highest BCUT2D eigenvalue weighted by molar-refractivity contribution is 5.28. The maximum atomic E-state index is 12.6. The highest BCUT2D eigenvalue weighted by atomic mass is 19.4. The van der Waals surface area contributed by atoms with Crippen LogP contribution >= 0.6 is 0 Å². The molecule has 1 nitrogen and oxygen atoms in total. The van der Waals surface area contributed by atoms with Crippen LogP contribution < -0.4 is 0 Å². The smallest absolute Gasteiger partial charge is 0.306 e. The van der Waals surface area contributed by atoms with E-state index in [0.29, 0.717) is 11.8 Å². The molecular weight excluding hydrogens is 263 g/mol. The standard InChI is InChI=1S/C16H20F3N/c1-20-9-12-3-2-4-14(15(12)10-20)11-5-7-13(8-6-11)16(17,18)19/h5-8,12,14-15H,2-4,9-10H2,1H3/t12-,14+,15-/m1/s1. The minimum atomic E-state index is -4.23. The summed E-state index contributed by atoms with van der Waals surface area (Å²) in [6, 6.07) is 5.84. The fraction of sp³-hybridized carbons (Fsp3) is 0.625. The molecule has 2 aliphatic rings. The molecule has 1 saturated heterocycles. The second-order valence-corrected chi connectivity index (χ2v) is 6.30. The number of rotatable bonds is 1. The van der Waals surface area contributed by atoms with E-state index in [0.717, 1.165) is 31.0 Å². The molecule has 1 aliphatic heterocycles. The Bertz CT molecular complexity index is 466. The molecule has 0 amide bonds. The van der Waals surface area contributed by atoms with Gasteiger partial charge in [0.25, 0.3) is 0 Å². The van der Waals surface area contributed by atoms with E-state index in [1.807, 2.05) is 0 Å². The normalized spacial score (nSPS) is 31.3. The number of halogens is 3. The zero-order chi connectivity index (χ0) is 14.3. The summed E-state index contributed by atoms with van der Waals surface area (Å²) < 4.78 is 37.9. The van der Waals surface area contributed by atoms with Crippen LogP contribution in [-0.2, 0) is 6.18 Å². The fourth-order valence-corrected chi connectivity index (χ4v) is 4.03. The van der Waals surface area contributed by atoms with Crippen molar-refractivity contribution in [3.63, 3.8) is 0 Å². The monoisotopic (exact) mass is 283 g/mol. The SMILES string of the molecule is CN1C[C@H]2CCC[C@@H](c3ccc(C(F)(F)F)cc3)[C@@H]2C1. The van der Waals surface area contributed by atoms with Crippen molar-refractivity contribution < 1.29 is 13.2 Å². The van der Waals surface area contributed by atoms with Gasteiger partial charge < -0.3 is 4.90 Å². The molecule has 20 heavy (non-hydrogen) atoms. The van der Waals surface area contributed by atoms with Gasteiger partial charge in [-0.2, -0.15) is 13.2 Å². The maximum absolute atomic E-state index is 12.6. The molecule has 2 fully saturated rings. The molecule has 0 radical (unpaired) electrons. The number of alkyl halides is 3. The Labute approximate surface area is 117 Å². The van der Waals surface area contributed by atoms with E-state index in [1.165, 1.54) is 25.0 Å². The van der Waals surface area contributed by atoms with E-state index in [2.05, 4.69) is 11.9 Å². The summed E-state index contributed by atoms with van der Waals surface area (Å²) in [7, 11) is 2.14. The molecule has 1 heterocycles. The third-order valence-corrected chi connectivity index (χ3v) is 4.95. The topological polar surface area (TPSA) is 3.24 Å². The van der Waals surface area contributed by atoms with Crippen LogP contribution in [0.4, 0.5) is 13.2 Å². The Kier molecular flexibility index (Phi) is 3.53. The molecule has 3 rings (SSSR count). The van der Waals surface area contributed by atoms with Crippen LogP contribution in [0.1, 0.15) is 36.3 Å². The molecule has 4 heteroatoms. The number of nitrogens with zero attached hydrogens (tertiary/aromatic N) is 1. The van der Waals surface area contributed by atoms with Gasteiger partial charge in [0.05, 0.1) is 5.56 Å². The number of hydrogen-bond donors (Lipinski definition) is 0. The van der Waals surface area contributed by atoms with Gasteiger partial charge in [-0.1, -0.05) is 18.6 Å². The zero-order valence-electron chi connectivity index (χ0n) is 11.7.